The zero-order valence-corrected chi connectivity index (χ0v) is 21.1. The van der Waals surface area contributed by atoms with E-state index in [1.807, 2.05) is 25.4 Å². The van der Waals surface area contributed by atoms with Crippen LogP contribution in [0.25, 0.3) is 0 Å². The van der Waals surface area contributed by atoms with Gasteiger partial charge in [0, 0.05) is 39.8 Å². The van der Waals surface area contributed by atoms with Crippen molar-refractivity contribution in [3.63, 3.8) is 0 Å². The highest BCUT2D eigenvalue weighted by Gasteiger charge is 2.42. The Morgan fingerprint density at radius 1 is 1.31 bits per heavy atom. The summed E-state index contributed by atoms with van der Waals surface area (Å²) in [5, 5.41) is 10.5. The molecule has 164 valence electrons. The van der Waals surface area contributed by atoms with Crippen LogP contribution in [0.15, 0.2) is 22.5 Å². The van der Waals surface area contributed by atoms with Crippen LogP contribution in [0.2, 0.25) is 0 Å². The van der Waals surface area contributed by atoms with Gasteiger partial charge >= 0.3 is 0 Å². The summed E-state index contributed by atoms with van der Waals surface area (Å²) in [5.74, 6) is 1.09. The van der Waals surface area contributed by atoms with Crippen molar-refractivity contribution >= 4 is 52.2 Å². The molecule has 1 aliphatic carbocycles. The highest BCUT2D eigenvalue weighted by atomic mass is 127. The number of aliphatic imine (C=N–C) groups is 1. The zero-order chi connectivity index (χ0) is 20.0. The molecule has 0 atom stereocenters. The number of carbonyl (C=O) groups excluding carboxylic acids is 1. The van der Waals surface area contributed by atoms with E-state index in [0.29, 0.717) is 12.6 Å². The molecule has 6 nitrogen and oxygen atoms in total. The third kappa shape index (κ3) is 6.23. The molecule has 0 aromatic carbocycles. The van der Waals surface area contributed by atoms with Gasteiger partial charge in [0.25, 0.3) is 0 Å². The molecule has 1 aromatic rings. The lowest BCUT2D eigenvalue weighted by atomic mass is 9.85. The summed E-state index contributed by atoms with van der Waals surface area (Å²) in [6.45, 7) is 5.63. The van der Waals surface area contributed by atoms with E-state index in [4.69, 9.17) is 4.99 Å². The van der Waals surface area contributed by atoms with Crippen molar-refractivity contribution in [2.75, 3.05) is 45.2 Å². The van der Waals surface area contributed by atoms with Crippen molar-refractivity contribution in [3.05, 3.63) is 17.5 Å². The minimum Gasteiger partial charge on any atom is -0.363 e. The number of nitrogens with one attached hydrogen (secondary N) is 2. The molecule has 2 fully saturated rings. The van der Waals surface area contributed by atoms with Crippen molar-refractivity contribution < 1.29 is 4.79 Å². The minimum atomic E-state index is -0.311. The Morgan fingerprint density at radius 2 is 2.00 bits per heavy atom. The maximum absolute atomic E-state index is 12.8. The number of hydrogen-bond acceptors (Lipinski definition) is 4. The molecule has 0 radical (unpaired) electrons. The molecule has 2 N–H and O–H groups in total. The predicted molar refractivity (Wildman–Crippen MR) is 134 cm³/mol. The van der Waals surface area contributed by atoms with Gasteiger partial charge in [0.1, 0.15) is 0 Å². The van der Waals surface area contributed by atoms with Crippen LogP contribution in [0.5, 0.6) is 0 Å². The van der Waals surface area contributed by atoms with Gasteiger partial charge in [-0.25, -0.2) is 0 Å². The smallest absolute Gasteiger partial charge is 0.230 e. The summed E-state index contributed by atoms with van der Waals surface area (Å²) in [6, 6.07) is 4.75. The first-order chi connectivity index (χ1) is 13.5. The molecule has 0 bridgehead atoms. The van der Waals surface area contributed by atoms with Crippen LogP contribution in [-0.4, -0.2) is 63.1 Å². The molecular weight excluding hydrogens is 497 g/mol. The van der Waals surface area contributed by atoms with E-state index in [0.717, 1.165) is 64.1 Å². The highest BCUT2D eigenvalue weighted by molar-refractivity contribution is 14.0. The molecule has 1 amide bonds. The average Bonchev–Trinajstić information content (AvgIpc) is 3.39. The Balaban J connectivity index is 0.00000300. The maximum atomic E-state index is 12.8. The molecular formula is C21H36IN5OS. The van der Waals surface area contributed by atoms with Crippen LogP contribution in [0.3, 0.4) is 0 Å². The lowest BCUT2D eigenvalue weighted by molar-refractivity contribution is -0.138. The predicted octanol–water partition coefficient (Wildman–Crippen LogP) is 3.54. The Bertz CT molecular complexity index is 650. The molecule has 3 rings (SSSR count). The second-order valence-corrected chi connectivity index (χ2v) is 9.17. The number of carbonyl (C=O) groups is 1. The van der Waals surface area contributed by atoms with Crippen LogP contribution in [-0.2, 0) is 4.79 Å². The summed E-state index contributed by atoms with van der Waals surface area (Å²) >= 11 is 1.81. The number of guanidine groups is 1. The monoisotopic (exact) mass is 533 g/mol. The Kier molecular flexibility index (Phi) is 9.52. The summed E-state index contributed by atoms with van der Waals surface area (Å²) in [5.41, 5.74) is -0.311. The van der Waals surface area contributed by atoms with Crippen molar-refractivity contribution in [2.24, 2.45) is 10.4 Å². The van der Waals surface area contributed by atoms with Crippen molar-refractivity contribution in [2.45, 2.75) is 51.5 Å². The Morgan fingerprint density at radius 3 is 2.55 bits per heavy atom. The SMILES string of the molecule is CCNC(=NCC1(C(=O)N(C)C)CCCC1)NC1CCN(c2cccs2)CC1.I. The van der Waals surface area contributed by atoms with Gasteiger partial charge in [-0.2, -0.15) is 0 Å². The van der Waals surface area contributed by atoms with Crippen LogP contribution in [0.1, 0.15) is 45.4 Å². The molecule has 29 heavy (non-hydrogen) atoms. The van der Waals surface area contributed by atoms with Crippen LogP contribution < -0.4 is 15.5 Å². The summed E-state index contributed by atoms with van der Waals surface area (Å²) in [6.07, 6.45) is 6.35. The highest BCUT2D eigenvalue weighted by Crippen LogP contribution is 2.39. The molecule has 1 aromatic heterocycles. The van der Waals surface area contributed by atoms with Crippen molar-refractivity contribution in [1.82, 2.24) is 15.5 Å². The number of halogens is 1. The lowest BCUT2D eigenvalue weighted by Gasteiger charge is -2.34. The molecule has 1 saturated heterocycles. The van der Waals surface area contributed by atoms with E-state index in [9.17, 15) is 4.79 Å². The van der Waals surface area contributed by atoms with Gasteiger partial charge in [-0.05, 0) is 50.1 Å². The maximum Gasteiger partial charge on any atom is 0.230 e. The number of hydrogen-bond donors (Lipinski definition) is 2. The standard InChI is InChI=1S/C21H35N5OS.HI/c1-4-22-20(23-16-21(11-5-6-12-21)19(27)25(2)3)24-17-9-13-26(14-10-17)18-8-7-15-28-18;/h7-8,15,17H,4-6,9-14,16H2,1-3H3,(H2,22,23,24);1H. The number of piperidine rings is 1. The molecule has 1 aliphatic heterocycles. The molecule has 0 unspecified atom stereocenters. The Labute approximate surface area is 196 Å². The van der Waals surface area contributed by atoms with Crippen molar-refractivity contribution in [1.29, 1.82) is 0 Å². The summed E-state index contributed by atoms with van der Waals surface area (Å²) < 4.78 is 0. The normalized spacial score (nSPS) is 19.6. The van der Waals surface area contributed by atoms with Gasteiger partial charge in [0.15, 0.2) is 5.96 Å². The van der Waals surface area contributed by atoms with E-state index in [1.165, 1.54) is 5.00 Å². The largest absolute Gasteiger partial charge is 0.363 e. The summed E-state index contributed by atoms with van der Waals surface area (Å²) in [7, 11) is 3.72. The average molecular weight is 534 g/mol. The van der Waals surface area contributed by atoms with Crippen LogP contribution >= 0.6 is 35.3 Å². The van der Waals surface area contributed by atoms with Gasteiger partial charge in [-0.15, -0.1) is 35.3 Å². The van der Waals surface area contributed by atoms with E-state index in [1.54, 1.807) is 4.90 Å². The minimum absolute atomic E-state index is 0. The fourth-order valence-electron chi connectivity index (χ4n) is 4.40. The van der Waals surface area contributed by atoms with Gasteiger partial charge in [-0.3, -0.25) is 9.79 Å². The number of anilines is 1. The second-order valence-electron chi connectivity index (χ2n) is 8.24. The van der Waals surface area contributed by atoms with Crippen molar-refractivity contribution in [3.8, 4) is 0 Å². The van der Waals surface area contributed by atoms with Gasteiger partial charge in [0.05, 0.1) is 17.0 Å². The lowest BCUT2D eigenvalue weighted by Crippen LogP contribution is -2.49. The fourth-order valence-corrected chi connectivity index (χ4v) is 5.19. The Hall–Kier alpha value is -1.03. The van der Waals surface area contributed by atoms with Gasteiger partial charge in [0.2, 0.25) is 5.91 Å². The van der Waals surface area contributed by atoms with Gasteiger partial charge in [-0.1, -0.05) is 12.8 Å². The van der Waals surface area contributed by atoms with E-state index in [2.05, 4.69) is 40.0 Å². The third-order valence-corrected chi connectivity index (χ3v) is 6.89. The van der Waals surface area contributed by atoms with E-state index >= 15 is 0 Å². The zero-order valence-electron chi connectivity index (χ0n) is 17.9. The van der Waals surface area contributed by atoms with E-state index in [-0.39, 0.29) is 35.3 Å². The third-order valence-electron chi connectivity index (χ3n) is 5.96. The molecule has 1 saturated carbocycles. The van der Waals surface area contributed by atoms with Crippen LogP contribution in [0.4, 0.5) is 5.00 Å². The number of thiophene rings is 1. The first-order valence-corrected chi connectivity index (χ1v) is 11.5. The molecule has 0 spiro atoms. The second kappa shape index (κ2) is 11.4. The van der Waals surface area contributed by atoms with Gasteiger partial charge < -0.3 is 20.4 Å². The molecule has 8 heteroatoms. The molecule has 2 heterocycles. The summed E-state index contributed by atoms with van der Waals surface area (Å²) in [4.78, 5) is 21.9. The topological polar surface area (TPSA) is 60.0 Å². The first kappa shape index (κ1) is 24.2. The number of amides is 1. The number of rotatable bonds is 6. The number of nitrogens with zero attached hydrogens (tertiary/aromatic N) is 3. The quantitative estimate of drug-likeness (QED) is 0.334. The first-order valence-electron chi connectivity index (χ1n) is 10.6. The van der Waals surface area contributed by atoms with E-state index < -0.39 is 0 Å². The van der Waals surface area contributed by atoms with Crippen LogP contribution in [0, 0.1) is 5.41 Å². The molecule has 2 aliphatic rings. The fraction of sp³-hybridized carbons (Fsp3) is 0.714.